The lowest BCUT2D eigenvalue weighted by molar-refractivity contribution is 1.11. The maximum Gasteiger partial charge on any atom is 0.0481 e. The fourth-order valence-electron chi connectivity index (χ4n) is 0.918. The molecule has 0 saturated heterocycles. The number of anilines is 1. The molecule has 0 aliphatic rings. The Hall–Kier alpha value is -1.38. The van der Waals surface area contributed by atoms with Gasteiger partial charge in [0.2, 0.25) is 0 Å². The molecular weight excluding hydrogens is 138 g/mol. The third-order valence-corrected chi connectivity index (χ3v) is 1.47. The van der Waals surface area contributed by atoms with Gasteiger partial charge >= 0.3 is 0 Å². The zero-order valence-electron chi connectivity index (χ0n) is 6.70. The minimum Gasteiger partial charge on any atom is -0.377 e. The summed E-state index contributed by atoms with van der Waals surface area (Å²) in [6.45, 7) is 0. The van der Waals surface area contributed by atoms with E-state index in [2.05, 4.69) is 4.98 Å². The summed E-state index contributed by atoms with van der Waals surface area (Å²) in [4.78, 5) is 5.88. The molecule has 0 aliphatic carbocycles. The lowest BCUT2D eigenvalue weighted by Crippen LogP contribution is -2.11. The Morgan fingerprint density at radius 3 is 2.73 bits per heavy atom. The lowest BCUT2D eigenvalue weighted by Gasteiger charge is -2.13. The van der Waals surface area contributed by atoms with Crippen LogP contribution in [0.4, 0.5) is 5.69 Å². The molecule has 0 amide bonds. The first-order chi connectivity index (χ1) is 5.25. The zero-order valence-corrected chi connectivity index (χ0v) is 6.70. The summed E-state index contributed by atoms with van der Waals surface area (Å²) in [6, 6.07) is 1.89. The largest absolute Gasteiger partial charge is 0.377 e. The maximum atomic E-state index is 7.09. The molecule has 0 aromatic carbocycles. The average Bonchev–Trinajstić information content (AvgIpc) is 2.04. The van der Waals surface area contributed by atoms with Crippen LogP contribution in [0.3, 0.4) is 0 Å². The Morgan fingerprint density at radius 2 is 2.27 bits per heavy atom. The van der Waals surface area contributed by atoms with Gasteiger partial charge in [0, 0.05) is 44.0 Å². The van der Waals surface area contributed by atoms with Crippen molar-refractivity contribution in [1.29, 1.82) is 5.41 Å². The molecule has 0 radical (unpaired) electrons. The molecular formula is C8H11N3. The van der Waals surface area contributed by atoms with Gasteiger partial charge in [-0.2, -0.15) is 0 Å². The number of rotatable bonds is 2. The van der Waals surface area contributed by atoms with E-state index in [1.54, 1.807) is 12.4 Å². The van der Waals surface area contributed by atoms with Crippen molar-refractivity contribution in [3.05, 3.63) is 24.0 Å². The van der Waals surface area contributed by atoms with Gasteiger partial charge in [-0.25, -0.2) is 0 Å². The van der Waals surface area contributed by atoms with Gasteiger partial charge in [-0.15, -0.1) is 0 Å². The predicted molar refractivity (Wildman–Crippen MR) is 46.4 cm³/mol. The summed E-state index contributed by atoms with van der Waals surface area (Å²) < 4.78 is 0. The number of nitrogens with one attached hydrogen (secondary N) is 1. The van der Waals surface area contributed by atoms with Crippen LogP contribution in [0, 0.1) is 5.41 Å². The second-order valence-electron chi connectivity index (χ2n) is 2.47. The van der Waals surface area contributed by atoms with Crippen LogP contribution in [0.15, 0.2) is 18.5 Å². The Kier molecular flexibility index (Phi) is 2.21. The van der Waals surface area contributed by atoms with E-state index in [1.807, 2.05) is 25.1 Å². The molecule has 0 fully saturated rings. The molecule has 1 aromatic rings. The van der Waals surface area contributed by atoms with E-state index in [9.17, 15) is 0 Å². The third-order valence-electron chi connectivity index (χ3n) is 1.47. The van der Waals surface area contributed by atoms with Gasteiger partial charge in [0.1, 0.15) is 0 Å². The van der Waals surface area contributed by atoms with E-state index in [1.165, 1.54) is 6.21 Å². The van der Waals surface area contributed by atoms with Crippen molar-refractivity contribution in [2.45, 2.75) is 0 Å². The van der Waals surface area contributed by atoms with E-state index in [0.717, 1.165) is 11.3 Å². The topological polar surface area (TPSA) is 40.0 Å². The van der Waals surface area contributed by atoms with Gasteiger partial charge in [0.05, 0.1) is 0 Å². The first-order valence-corrected chi connectivity index (χ1v) is 3.37. The Labute approximate surface area is 66.2 Å². The van der Waals surface area contributed by atoms with Crippen molar-refractivity contribution in [3.63, 3.8) is 0 Å². The van der Waals surface area contributed by atoms with Gasteiger partial charge in [-0.05, 0) is 6.07 Å². The van der Waals surface area contributed by atoms with Crippen LogP contribution in [0.5, 0.6) is 0 Å². The molecule has 0 atom stereocenters. The highest BCUT2D eigenvalue weighted by Crippen LogP contribution is 2.13. The van der Waals surface area contributed by atoms with E-state index in [4.69, 9.17) is 5.41 Å². The summed E-state index contributed by atoms with van der Waals surface area (Å²) in [5.74, 6) is 0. The molecule has 3 heteroatoms. The van der Waals surface area contributed by atoms with Crippen LogP contribution in [0.2, 0.25) is 0 Å². The molecule has 58 valence electrons. The normalized spacial score (nSPS) is 9.27. The van der Waals surface area contributed by atoms with Gasteiger partial charge in [0.25, 0.3) is 0 Å². The van der Waals surface area contributed by atoms with Crippen molar-refractivity contribution in [1.82, 2.24) is 4.98 Å². The molecule has 11 heavy (non-hydrogen) atoms. The third kappa shape index (κ3) is 1.55. The predicted octanol–water partition coefficient (Wildman–Crippen LogP) is 1.15. The minimum absolute atomic E-state index is 0.845. The van der Waals surface area contributed by atoms with Crippen LogP contribution in [-0.4, -0.2) is 25.3 Å². The van der Waals surface area contributed by atoms with E-state index < -0.39 is 0 Å². The summed E-state index contributed by atoms with van der Waals surface area (Å²) in [6.07, 6.45) is 4.72. The monoisotopic (exact) mass is 149 g/mol. The summed E-state index contributed by atoms with van der Waals surface area (Å²) in [5.41, 5.74) is 1.87. The molecule has 3 nitrogen and oxygen atoms in total. The molecule has 1 aromatic heterocycles. The van der Waals surface area contributed by atoms with Gasteiger partial charge in [0.15, 0.2) is 0 Å². The van der Waals surface area contributed by atoms with Gasteiger partial charge in [-0.1, -0.05) is 0 Å². The Balaban J connectivity index is 3.12. The smallest absolute Gasteiger partial charge is 0.0481 e. The summed E-state index contributed by atoms with van der Waals surface area (Å²) >= 11 is 0. The highest BCUT2D eigenvalue weighted by atomic mass is 15.1. The molecule has 0 unspecified atom stereocenters. The van der Waals surface area contributed by atoms with E-state index in [0.29, 0.717) is 0 Å². The lowest BCUT2D eigenvalue weighted by atomic mass is 10.2. The maximum absolute atomic E-state index is 7.09. The quantitative estimate of drug-likeness (QED) is 0.640. The highest BCUT2D eigenvalue weighted by Gasteiger charge is 1.99. The molecule has 1 rings (SSSR count). The van der Waals surface area contributed by atoms with Gasteiger partial charge in [-0.3, -0.25) is 4.98 Å². The second kappa shape index (κ2) is 3.14. The Bertz CT molecular complexity index is 255. The summed E-state index contributed by atoms with van der Waals surface area (Å²) in [5, 5.41) is 7.09. The number of nitrogens with zero attached hydrogens (tertiary/aromatic N) is 2. The van der Waals surface area contributed by atoms with Crippen LogP contribution in [0.1, 0.15) is 5.56 Å². The van der Waals surface area contributed by atoms with Crippen LogP contribution in [-0.2, 0) is 0 Å². The first kappa shape index (κ1) is 7.72. The minimum atomic E-state index is 0.845. The zero-order chi connectivity index (χ0) is 8.27. The SMILES string of the molecule is CN(C)c1ccncc1C=N. The molecule has 1 N–H and O–H groups in total. The van der Waals surface area contributed by atoms with Crippen molar-refractivity contribution >= 4 is 11.9 Å². The second-order valence-corrected chi connectivity index (χ2v) is 2.47. The van der Waals surface area contributed by atoms with Gasteiger partial charge < -0.3 is 10.3 Å². The highest BCUT2D eigenvalue weighted by molar-refractivity contribution is 5.85. The van der Waals surface area contributed by atoms with Crippen molar-refractivity contribution in [2.75, 3.05) is 19.0 Å². The molecule has 1 heterocycles. The van der Waals surface area contributed by atoms with E-state index in [-0.39, 0.29) is 0 Å². The van der Waals surface area contributed by atoms with E-state index >= 15 is 0 Å². The fourth-order valence-corrected chi connectivity index (χ4v) is 0.918. The van der Waals surface area contributed by atoms with Crippen LogP contribution in [0.25, 0.3) is 0 Å². The number of hydrogen-bond donors (Lipinski definition) is 1. The van der Waals surface area contributed by atoms with Crippen molar-refractivity contribution < 1.29 is 0 Å². The van der Waals surface area contributed by atoms with Crippen molar-refractivity contribution in [3.8, 4) is 0 Å². The molecule has 0 spiro atoms. The number of pyridine rings is 1. The molecule has 0 aliphatic heterocycles. The number of hydrogen-bond acceptors (Lipinski definition) is 3. The first-order valence-electron chi connectivity index (χ1n) is 3.37. The van der Waals surface area contributed by atoms with Crippen molar-refractivity contribution in [2.24, 2.45) is 0 Å². The fraction of sp³-hybridized carbons (Fsp3) is 0.250. The standard InChI is InChI=1S/C8H11N3/c1-11(2)8-3-4-10-6-7(8)5-9/h3-6,9H,1-2H3. The van der Waals surface area contributed by atoms with Crippen LogP contribution >= 0.6 is 0 Å². The molecule has 0 saturated carbocycles. The summed E-state index contributed by atoms with van der Waals surface area (Å²) in [7, 11) is 3.89. The Morgan fingerprint density at radius 1 is 1.55 bits per heavy atom. The number of aromatic nitrogens is 1. The molecule has 0 bridgehead atoms. The van der Waals surface area contributed by atoms with Crippen LogP contribution < -0.4 is 4.90 Å². The average molecular weight is 149 g/mol.